The lowest BCUT2D eigenvalue weighted by molar-refractivity contribution is 0.0606. The molecule has 25 heavy (non-hydrogen) atoms. The van der Waals surface area contributed by atoms with Gasteiger partial charge in [-0.15, -0.1) is 0 Å². The lowest BCUT2D eigenvalue weighted by Crippen LogP contribution is -2.45. The number of pyridine rings is 2. The van der Waals surface area contributed by atoms with E-state index < -0.39 is 0 Å². The zero-order valence-corrected chi connectivity index (χ0v) is 14.1. The molecule has 2 N–H and O–H groups in total. The van der Waals surface area contributed by atoms with Crippen LogP contribution in [0.3, 0.4) is 0 Å². The average Bonchev–Trinajstić information content (AvgIpc) is 3.10. The first-order valence-electron chi connectivity index (χ1n) is 8.82. The fourth-order valence-corrected chi connectivity index (χ4v) is 3.89. The van der Waals surface area contributed by atoms with Crippen LogP contribution in [0.2, 0.25) is 0 Å². The van der Waals surface area contributed by atoms with Crippen LogP contribution in [-0.4, -0.2) is 47.0 Å². The van der Waals surface area contributed by atoms with E-state index in [4.69, 9.17) is 0 Å². The molecule has 6 heteroatoms. The van der Waals surface area contributed by atoms with Crippen molar-refractivity contribution in [1.82, 2.24) is 20.2 Å². The monoisotopic (exact) mass is 338 g/mol. The van der Waals surface area contributed by atoms with E-state index in [1.807, 2.05) is 23.1 Å². The molecule has 2 aromatic rings. The van der Waals surface area contributed by atoms with Crippen LogP contribution in [0, 0.1) is 5.41 Å². The van der Waals surface area contributed by atoms with E-state index in [1.165, 1.54) is 6.42 Å². The van der Waals surface area contributed by atoms with E-state index >= 15 is 0 Å². The van der Waals surface area contributed by atoms with Crippen molar-refractivity contribution in [3.05, 3.63) is 52.4 Å². The maximum absolute atomic E-state index is 12.7. The number of hydrogen-bond acceptors (Lipinski definition) is 4. The van der Waals surface area contributed by atoms with Crippen molar-refractivity contribution in [2.75, 3.05) is 26.2 Å². The summed E-state index contributed by atoms with van der Waals surface area (Å²) in [6, 6.07) is 8.88. The Kier molecular flexibility index (Phi) is 4.13. The Hall–Kier alpha value is -2.47. The molecule has 6 nitrogen and oxygen atoms in total. The molecule has 0 saturated carbocycles. The molecule has 130 valence electrons. The van der Waals surface area contributed by atoms with Crippen LogP contribution in [0.15, 0.2) is 41.3 Å². The summed E-state index contributed by atoms with van der Waals surface area (Å²) in [5, 5.41) is 3.43. The van der Waals surface area contributed by atoms with Crippen LogP contribution in [0.25, 0.3) is 11.4 Å². The molecule has 0 radical (unpaired) electrons. The normalized spacial score (nSPS) is 19.3. The van der Waals surface area contributed by atoms with Gasteiger partial charge < -0.3 is 15.2 Å². The SMILES string of the molecule is O=C(c1ccc(-c2ccccn2)[nH]c1=O)N1CCC2(CCNC2)CC1. The fourth-order valence-electron chi connectivity index (χ4n) is 3.89. The van der Waals surface area contributed by atoms with Crippen molar-refractivity contribution in [3.63, 3.8) is 0 Å². The minimum Gasteiger partial charge on any atom is -0.338 e. The molecule has 4 rings (SSSR count). The maximum Gasteiger partial charge on any atom is 0.261 e. The van der Waals surface area contributed by atoms with Crippen LogP contribution in [0.1, 0.15) is 29.6 Å². The highest BCUT2D eigenvalue weighted by Gasteiger charge is 2.38. The summed E-state index contributed by atoms with van der Waals surface area (Å²) in [6.07, 6.45) is 4.88. The van der Waals surface area contributed by atoms with Crippen molar-refractivity contribution >= 4 is 5.91 Å². The van der Waals surface area contributed by atoms with Gasteiger partial charge in [0.15, 0.2) is 0 Å². The van der Waals surface area contributed by atoms with Gasteiger partial charge in [0.2, 0.25) is 0 Å². The number of likely N-dealkylation sites (tertiary alicyclic amines) is 1. The number of aromatic amines is 1. The van der Waals surface area contributed by atoms with E-state index in [-0.39, 0.29) is 17.0 Å². The fraction of sp³-hybridized carbons (Fsp3) is 0.421. The first-order chi connectivity index (χ1) is 12.2. The summed E-state index contributed by atoms with van der Waals surface area (Å²) in [6.45, 7) is 3.57. The molecular weight excluding hydrogens is 316 g/mol. The Morgan fingerprint density at radius 2 is 1.96 bits per heavy atom. The molecule has 2 saturated heterocycles. The largest absolute Gasteiger partial charge is 0.338 e. The predicted molar refractivity (Wildman–Crippen MR) is 95.4 cm³/mol. The summed E-state index contributed by atoms with van der Waals surface area (Å²) < 4.78 is 0. The minimum absolute atomic E-state index is 0.172. The highest BCUT2D eigenvalue weighted by molar-refractivity contribution is 5.94. The molecule has 0 atom stereocenters. The Labute approximate surface area is 146 Å². The number of hydrogen-bond donors (Lipinski definition) is 2. The highest BCUT2D eigenvalue weighted by atomic mass is 16.2. The number of carbonyl (C=O) groups excluding carboxylic acids is 1. The van der Waals surface area contributed by atoms with Crippen molar-refractivity contribution in [3.8, 4) is 11.4 Å². The second-order valence-electron chi connectivity index (χ2n) is 7.05. The number of carbonyl (C=O) groups is 1. The molecule has 2 aliphatic rings. The van der Waals surface area contributed by atoms with Crippen molar-refractivity contribution in [1.29, 1.82) is 0 Å². The van der Waals surface area contributed by atoms with Gasteiger partial charge in [0.05, 0.1) is 11.4 Å². The summed E-state index contributed by atoms with van der Waals surface area (Å²) in [7, 11) is 0. The van der Waals surface area contributed by atoms with E-state index in [1.54, 1.807) is 18.3 Å². The quantitative estimate of drug-likeness (QED) is 0.873. The maximum atomic E-state index is 12.7. The second-order valence-corrected chi connectivity index (χ2v) is 7.05. The number of amides is 1. The third-order valence-electron chi connectivity index (χ3n) is 5.52. The molecule has 0 unspecified atom stereocenters. The van der Waals surface area contributed by atoms with Crippen molar-refractivity contribution < 1.29 is 4.79 Å². The van der Waals surface area contributed by atoms with Gasteiger partial charge >= 0.3 is 0 Å². The van der Waals surface area contributed by atoms with Crippen LogP contribution in [0.4, 0.5) is 0 Å². The van der Waals surface area contributed by atoms with Crippen molar-refractivity contribution in [2.45, 2.75) is 19.3 Å². The standard InChI is InChI=1S/C19H22N4O2/c24-17-14(4-5-16(22-17)15-3-1-2-9-21-15)18(25)23-11-7-19(8-12-23)6-10-20-13-19/h1-5,9,20H,6-8,10-13H2,(H,22,24). The number of aromatic nitrogens is 2. The second kappa shape index (κ2) is 6.44. The van der Waals surface area contributed by atoms with E-state index in [0.29, 0.717) is 16.8 Å². The summed E-state index contributed by atoms with van der Waals surface area (Å²) in [4.78, 5) is 34.0. The van der Waals surface area contributed by atoms with Crippen LogP contribution < -0.4 is 10.9 Å². The smallest absolute Gasteiger partial charge is 0.261 e. The predicted octanol–water partition coefficient (Wildman–Crippen LogP) is 1.65. The van der Waals surface area contributed by atoms with Gasteiger partial charge in [-0.3, -0.25) is 14.6 Å². The minimum atomic E-state index is -0.351. The molecule has 2 aromatic heterocycles. The number of H-pyrrole nitrogens is 1. The molecular formula is C19H22N4O2. The van der Waals surface area contributed by atoms with Gasteiger partial charge in [0, 0.05) is 25.8 Å². The average molecular weight is 338 g/mol. The molecule has 1 spiro atoms. The summed E-state index contributed by atoms with van der Waals surface area (Å²) in [5.74, 6) is -0.172. The summed E-state index contributed by atoms with van der Waals surface area (Å²) >= 11 is 0. The molecule has 0 aromatic carbocycles. The first-order valence-corrected chi connectivity index (χ1v) is 8.82. The van der Waals surface area contributed by atoms with Gasteiger partial charge in [-0.2, -0.15) is 0 Å². The van der Waals surface area contributed by atoms with Gasteiger partial charge in [-0.25, -0.2) is 0 Å². The lowest BCUT2D eigenvalue weighted by Gasteiger charge is -2.38. The lowest BCUT2D eigenvalue weighted by atomic mass is 9.78. The Morgan fingerprint density at radius 1 is 1.12 bits per heavy atom. The number of nitrogens with zero attached hydrogens (tertiary/aromatic N) is 2. The third-order valence-corrected chi connectivity index (χ3v) is 5.52. The van der Waals surface area contributed by atoms with Gasteiger partial charge in [-0.1, -0.05) is 6.07 Å². The van der Waals surface area contributed by atoms with Gasteiger partial charge in [0.1, 0.15) is 5.56 Å². The van der Waals surface area contributed by atoms with Gasteiger partial charge in [0.25, 0.3) is 11.5 Å². The topological polar surface area (TPSA) is 78.1 Å². The first kappa shape index (κ1) is 16.0. The third kappa shape index (κ3) is 3.09. The molecule has 0 aliphatic carbocycles. The zero-order chi connectivity index (χ0) is 17.3. The zero-order valence-electron chi connectivity index (χ0n) is 14.1. The number of piperidine rings is 1. The number of rotatable bonds is 2. The molecule has 0 bridgehead atoms. The van der Waals surface area contributed by atoms with E-state index in [9.17, 15) is 9.59 Å². The molecule has 1 amide bonds. The molecule has 4 heterocycles. The van der Waals surface area contributed by atoms with Crippen LogP contribution >= 0.6 is 0 Å². The summed E-state index contributed by atoms with van der Waals surface area (Å²) in [5.41, 5.74) is 1.52. The van der Waals surface area contributed by atoms with Crippen LogP contribution in [0.5, 0.6) is 0 Å². The Balaban J connectivity index is 1.50. The Bertz CT molecular complexity index is 815. The highest BCUT2D eigenvalue weighted by Crippen LogP contribution is 2.37. The molecule has 2 aliphatic heterocycles. The van der Waals surface area contributed by atoms with Crippen LogP contribution in [-0.2, 0) is 0 Å². The number of nitrogens with one attached hydrogen (secondary N) is 2. The molecule has 2 fully saturated rings. The van der Waals surface area contributed by atoms with Crippen molar-refractivity contribution in [2.24, 2.45) is 5.41 Å². The van der Waals surface area contributed by atoms with Gasteiger partial charge in [-0.05, 0) is 55.5 Å². The Morgan fingerprint density at radius 3 is 2.60 bits per heavy atom. The van der Waals surface area contributed by atoms with E-state index in [2.05, 4.69) is 15.3 Å². The van der Waals surface area contributed by atoms with E-state index in [0.717, 1.165) is 39.0 Å².